The average molecular weight is 307 g/mol. The average Bonchev–Trinajstić information content (AvgIpc) is 3.14. The summed E-state index contributed by atoms with van der Waals surface area (Å²) in [5.41, 5.74) is 0. The molecule has 1 amide bonds. The number of esters is 1. The van der Waals surface area contributed by atoms with Crippen LogP contribution in [0.25, 0.3) is 10.1 Å². The third kappa shape index (κ3) is 3.21. The summed E-state index contributed by atoms with van der Waals surface area (Å²) < 4.78 is 19.1. The van der Waals surface area contributed by atoms with Crippen molar-refractivity contribution in [2.24, 2.45) is 0 Å². The van der Waals surface area contributed by atoms with E-state index in [1.165, 1.54) is 23.5 Å². The van der Waals surface area contributed by atoms with E-state index in [4.69, 9.17) is 4.74 Å². The van der Waals surface area contributed by atoms with Crippen LogP contribution in [-0.2, 0) is 9.53 Å². The van der Waals surface area contributed by atoms with Crippen molar-refractivity contribution in [3.05, 3.63) is 35.0 Å². The first-order chi connectivity index (χ1) is 10.0. The minimum Gasteiger partial charge on any atom is -0.448 e. The van der Waals surface area contributed by atoms with Crippen LogP contribution < -0.4 is 5.32 Å². The predicted octanol–water partition coefficient (Wildman–Crippen LogP) is 2.86. The Hall–Kier alpha value is -1.95. The first-order valence-corrected chi connectivity index (χ1v) is 7.55. The lowest BCUT2D eigenvalue weighted by Crippen LogP contribution is -2.36. The first-order valence-electron chi connectivity index (χ1n) is 6.73. The molecule has 4 nitrogen and oxygen atoms in total. The van der Waals surface area contributed by atoms with Gasteiger partial charge in [-0.15, -0.1) is 11.3 Å². The van der Waals surface area contributed by atoms with Crippen molar-refractivity contribution in [2.75, 3.05) is 0 Å². The molecule has 21 heavy (non-hydrogen) atoms. The summed E-state index contributed by atoms with van der Waals surface area (Å²) in [5, 5.41) is 3.44. The Morgan fingerprint density at radius 3 is 2.86 bits per heavy atom. The maximum absolute atomic E-state index is 13.1. The van der Waals surface area contributed by atoms with Crippen LogP contribution in [0.1, 0.15) is 29.4 Å². The summed E-state index contributed by atoms with van der Waals surface area (Å²) in [7, 11) is 0. The standard InChI is InChI=1S/C15H14FNO3S/c1-8(14(18)17-11-3-4-11)20-15(19)13-7-9-6-10(16)2-5-12(9)21-13/h2,5-8,11H,3-4H2,1H3,(H,17,18)/t8-/m1/s1. The van der Waals surface area contributed by atoms with E-state index in [9.17, 15) is 14.0 Å². The number of ether oxygens (including phenoxy) is 1. The third-order valence-corrected chi connectivity index (χ3v) is 4.35. The molecule has 0 bridgehead atoms. The Bertz CT molecular complexity index is 708. The maximum atomic E-state index is 13.1. The van der Waals surface area contributed by atoms with E-state index in [2.05, 4.69) is 5.32 Å². The van der Waals surface area contributed by atoms with Crippen LogP contribution in [0.2, 0.25) is 0 Å². The molecule has 1 fully saturated rings. The van der Waals surface area contributed by atoms with E-state index < -0.39 is 12.1 Å². The van der Waals surface area contributed by atoms with Gasteiger partial charge >= 0.3 is 5.97 Å². The van der Waals surface area contributed by atoms with Gasteiger partial charge in [-0.3, -0.25) is 4.79 Å². The van der Waals surface area contributed by atoms with Gasteiger partial charge in [0.15, 0.2) is 6.10 Å². The van der Waals surface area contributed by atoms with E-state index >= 15 is 0 Å². The number of halogens is 1. The van der Waals surface area contributed by atoms with E-state index in [0.717, 1.165) is 17.5 Å². The second-order valence-electron chi connectivity index (χ2n) is 5.12. The van der Waals surface area contributed by atoms with Gasteiger partial charge in [0.1, 0.15) is 10.7 Å². The van der Waals surface area contributed by atoms with E-state index in [1.807, 2.05) is 0 Å². The van der Waals surface area contributed by atoms with Crippen molar-refractivity contribution in [1.29, 1.82) is 0 Å². The molecule has 3 rings (SSSR count). The molecular weight excluding hydrogens is 293 g/mol. The van der Waals surface area contributed by atoms with Crippen LogP contribution in [0.3, 0.4) is 0 Å². The van der Waals surface area contributed by atoms with Gasteiger partial charge in [-0.05, 0) is 49.4 Å². The highest BCUT2D eigenvalue weighted by atomic mass is 32.1. The molecule has 0 unspecified atom stereocenters. The number of rotatable bonds is 4. The fourth-order valence-corrected chi connectivity index (χ4v) is 2.86. The maximum Gasteiger partial charge on any atom is 0.349 e. The number of hydrogen-bond donors (Lipinski definition) is 1. The van der Waals surface area contributed by atoms with Crippen LogP contribution in [-0.4, -0.2) is 24.0 Å². The Morgan fingerprint density at radius 1 is 1.38 bits per heavy atom. The number of carbonyl (C=O) groups is 2. The molecule has 1 atom stereocenters. The van der Waals surface area contributed by atoms with Crippen LogP contribution in [0.4, 0.5) is 4.39 Å². The van der Waals surface area contributed by atoms with Gasteiger partial charge in [0, 0.05) is 10.7 Å². The second-order valence-corrected chi connectivity index (χ2v) is 6.21. The Balaban J connectivity index is 1.69. The van der Waals surface area contributed by atoms with Gasteiger partial charge in [0.25, 0.3) is 5.91 Å². The molecule has 1 saturated carbocycles. The number of fused-ring (bicyclic) bond motifs is 1. The van der Waals surface area contributed by atoms with Crippen LogP contribution in [0, 0.1) is 5.82 Å². The van der Waals surface area contributed by atoms with E-state index in [-0.39, 0.29) is 17.8 Å². The molecule has 0 saturated heterocycles. The monoisotopic (exact) mass is 307 g/mol. The zero-order chi connectivity index (χ0) is 15.0. The van der Waals surface area contributed by atoms with Gasteiger partial charge in [0.05, 0.1) is 0 Å². The van der Waals surface area contributed by atoms with Crippen LogP contribution >= 0.6 is 11.3 Å². The molecule has 0 radical (unpaired) electrons. The molecule has 0 aliphatic heterocycles. The molecule has 1 N–H and O–H groups in total. The highest BCUT2D eigenvalue weighted by Gasteiger charge is 2.27. The summed E-state index contributed by atoms with van der Waals surface area (Å²) in [5.74, 6) is -1.19. The van der Waals surface area contributed by atoms with Gasteiger partial charge in [-0.1, -0.05) is 0 Å². The molecule has 1 aliphatic carbocycles. The fourth-order valence-electron chi connectivity index (χ4n) is 1.93. The molecule has 6 heteroatoms. The van der Waals surface area contributed by atoms with Gasteiger partial charge in [-0.25, -0.2) is 9.18 Å². The lowest BCUT2D eigenvalue weighted by atomic mass is 10.2. The minimum absolute atomic E-state index is 0.228. The minimum atomic E-state index is -0.833. The van der Waals surface area contributed by atoms with Gasteiger partial charge in [-0.2, -0.15) is 0 Å². The van der Waals surface area contributed by atoms with Crippen molar-refractivity contribution in [3.8, 4) is 0 Å². The molecule has 1 aromatic carbocycles. The van der Waals surface area contributed by atoms with Crippen molar-refractivity contribution in [2.45, 2.75) is 31.9 Å². The van der Waals surface area contributed by atoms with Gasteiger partial charge < -0.3 is 10.1 Å². The zero-order valence-electron chi connectivity index (χ0n) is 11.4. The highest BCUT2D eigenvalue weighted by Crippen LogP contribution is 2.27. The largest absolute Gasteiger partial charge is 0.448 e. The first kappa shape index (κ1) is 14.0. The Kier molecular flexibility index (Phi) is 3.63. The Labute approximate surface area is 124 Å². The Morgan fingerprint density at radius 2 is 2.14 bits per heavy atom. The van der Waals surface area contributed by atoms with Crippen molar-refractivity contribution in [3.63, 3.8) is 0 Å². The van der Waals surface area contributed by atoms with Crippen LogP contribution in [0.5, 0.6) is 0 Å². The number of carbonyl (C=O) groups excluding carboxylic acids is 2. The summed E-state index contributed by atoms with van der Waals surface area (Å²) in [6.07, 6.45) is 1.13. The van der Waals surface area contributed by atoms with E-state index in [1.54, 1.807) is 19.1 Å². The van der Waals surface area contributed by atoms with Gasteiger partial charge in [0.2, 0.25) is 0 Å². The third-order valence-electron chi connectivity index (χ3n) is 3.26. The number of benzene rings is 1. The summed E-state index contributed by atoms with van der Waals surface area (Å²) in [6.45, 7) is 1.54. The van der Waals surface area contributed by atoms with Crippen molar-refractivity contribution < 1.29 is 18.7 Å². The smallest absolute Gasteiger partial charge is 0.349 e. The summed E-state index contributed by atoms with van der Waals surface area (Å²) >= 11 is 1.22. The molecule has 1 aromatic heterocycles. The number of amides is 1. The van der Waals surface area contributed by atoms with Crippen molar-refractivity contribution >= 4 is 33.3 Å². The summed E-state index contributed by atoms with van der Waals surface area (Å²) in [6, 6.07) is 6.14. The lowest BCUT2D eigenvalue weighted by Gasteiger charge is -2.12. The molecular formula is C15H14FNO3S. The van der Waals surface area contributed by atoms with E-state index in [0.29, 0.717) is 10.3 Å². The SMILES string of the molecule is C[C@@H](OC(=O)c1cc2cc(F)ccc2s1)C(=O)NC1CC1. The molecule has 1 heterocycles. The molecule has 110 valence electrons. The second kappa shape index (κ2) is 5.44. The normalized spacial score (nSPS) is 15.7. The number of nitrogens with one attached hydrogen (secondary N) is 1. The molecule has 2 aromatic rings. The zero-order valence-corrected chi connectivity index (χ0v) is 12.2. The van der Waals surface area contributed by atoms with Crippen molar-refractivity contribution in [1.82, 2.24) is 5.32 Å². The number of thiophene rings is 1. The molecule has 1 aliphatic rings. The lowest BCUT2D eigenvalue weighted by molar-refractivity contribution is -0.129. The molecule has 0 spiro atoms. The quantitative estimate of drug-likeness (QED) is 0.884. The number of hydrogen-bond acceptors (Lipinski definition) is 4. The fraction of sp³-hybridized carbons (Fsp3) is 0.333. The van der Waals surface area contributed by atoms with Crippen LogP contribution in [0.15, 0.2) is 24.3 Å². The topological polar surface area (TPSA) is 55.4 Å². The predicted molar refractivity (Wildman–Crippen MR) is 77.8 cm³/mol. The highest BCUT2D eigenvalue weighted by molar-refractivity contribution is 7.20. The summed E-state index contributed by atoms with van der Waals surface area (Å²) in [4.78, 5) is 24.1.